The molecule has 1 aliphatic carbocycles. The second-order valence-electron chi connectivity index (χ2n) is 17.3. The van der Waals surface area contributed by atoms with Crippen LogP contribution in [0.25, 0.3) is 0 Å². The molecule has 5 unspecified atom stereocenters. The summed E-state index contributed by atoms with van der Waals surface area (Å²) >= 11 is 0. The van der Waals surface area contributed by atoms with Crippen molar-refractivity contribution in [2.45, 2.75) is 217 Å². The fraction of sp³-hybridized carbons (Fsp3) is 0.792. The monoisotopic (exact) mass is 1010 g/mol. The van der Waals surface area contributed by atoms with E-state index in [-0.39, 0.29) is 26.1 Å². The second-order valence-corrected chi connectivity index (χ2v) is 19.9. The first-order valence-electron chi connectivity index (χ1n) is 24.8. The molecule has 0 spiro atoms. The minimum absolute atomic E-state index is 0.141. The zero-order chi connectivity index (χ0) is 50.5. The van der Waals surface area contributed by atoms with Crippen LogP contribution in [-0.2, 0) is 46.5 Å². The van der Waals surface area contributed by atoms with E-state index in [2.05, 4.69) is 67.0 Å². The lowest BCUT2D eigenvalue weighted by molar-refractivity contribution is -0.216. The van der Waals surface area contributed by atoms with Crippen molar-refractivity contribution in [2.24, 2.45) is 0 Å². The number of aliphatic hydroxyl groups excluding tert-OH is 5. The minimum Gasteiger partial charge on any atom is -0.462 e. The molecule has 1 aliphatic rings. The molecule has 68 heavy (non-hydrogen) atoms. The van der Waals surface area contributed by atoms with Crippen molar-refractivity contribution in [3.8, 4) is 0 Å². The quantitative estimate of drug-likeness (QED) is 0.0125. The maximum atomic E-state index is 12.8. The first-order valence-corrected chi connectivity index (χ1v) is 27.9. The summed E-state index contributed by atoms with van der Waals surface area (Å²) in [6.45, 7) is 2.32. The normalized spacial score (nSPS) is 22.1. The number of esters is 2. The number of hydrogen-bond donors (Lipinski definition) is 8. The maximum Gasteiger partial charge on any atom is 0.472 e. The third kappa shape index (κ3) is 33.5. The Hall–Kier alpha value is -2.12. The van der Waals surface area contributed by atoms with E-state index in [0.29, 0.717) is 12.8 Å². The summed E-state index contributed by atoms with van der Waals surface area (Å²) in [6.07, 6.45) is 24.6. The Balaban J connectivity index is 2.59. The van der Waals surface area contributed by atoms with Gasteiger partial charge in [0, 0.05) is 12.8 Å². The number of carbonyl (C=O) groups is 2. The van der Waals surface area contributed by atoms with Crippen LogP contribution in [0.3, 0.4) is 0 Å². The Morgan fingerprint density at radius 1 is 0.515 bits per heavy atom. The van der Waals surface area contributed by atoms with Crippen LogP contribution in [0.5, 0.6) is 0 Å². The zero-order valence-electron chi connectivity index (χ0n) is 40.6. The highest BCUT2D eigenvalue weighted by atomic mass is 31.2. The summed E-state index contributed by atoms with van der Waals surface area (Å²) in [6, 6.07) is 0. The number of ether oxygens (including phenoxy) is 3. The van der Waals surface area contributed by atoms with Crippen LogP contribution >= 0.6 is 15.6 Å². The molecule has 396 valence electrons. The van der Waals surface area contributed by atoms with Gasteiger partial charge in [0.1, 0.15) is 49.3 Å². The van der Waals surface area contributed by atoms with Crippen LogP contribution in [-0.4, -0.2) is 127 Å². The Labute approximate surface area is 405 Å². The van der Waals surface area contributed by atoms with E-state index in [4.69, 9.17) is 33.0 Å². The highest BCUT2D eigenvalue weighted by Gasteiger charge is 2.54. The molecule has 0 aliphatic heterocycles. The molecular weight excluding hydrogens is 926 g/mol. The summed E-state index contributed by atoms with van der Waals surface area (Å²) < 4.78 is 54.2. The summed E-state index contributed by atoms with van der Waals surface area (Å²) in [7, 11) is -10.6. The van der Waals surface area contributed by atoms with Gasteiger partial charge in [-0.2, -0.15) is 0 Å². The van der Waals surface area contributed by atoms with Gasteiger partial charge in [0.05, 0.1) is 19.8 Å². The number of unbranched alkanes of at least 4 members (excludes halogenated alkanes) is 16. The van der Waals surface area contributed by atoms with E-state index in [1.807, 2.05) is 0 Å². The molecule has 0 aromatic heterocycles. The van der Waals surface area contributed by atoms with Gasteiger partial charge in [-0.3, -0.25) is 23.2 Å². The van der Waals surface area contributed by atoms with Gasteiger partial charge in [0.2, 0.25) is 0 Å². The molecular formula is C48H86O18P2. The average Bonchev–Trinajstić information content (AvgIpc) is 3.29. The molecule has 0 amide bonds. The van der Waals surface area contributed by atoms with Gasteiger partial charge in [0.15, 0.2) is 6.10 Å². The number of phosphoric ester groups is 2. The molecule has 20 heteroatoms. The Bertz CT molecular complexity index is 1520. The smallest absolute Gasteiger partial charge is 0.462 e. The van der Waals surface area contributed by atoms with Gasteiger partial charge < -0.3 is 54.4 Å². The molecule has 0 aromatic rings. The summed E-state index contributed by atoms with van der Waals surface area (Å²) in [5, 5.41) is 51.2. The van der Waals surface area contributed by atoms with E-state index in [9.17, 15) is 49.1 Å². The van der Waals surface area contributed by atoms with Crippen molar-refractivity contribution in [3.63, 3.8) is 0 Å². The van der Waals surface area contributed by atoms with Crippen LogP contribution < -0.4 is 0 Å². The Kier molecular flexibility index (Phi) is 37.1. The van der Waals surface area contributed by atoms with Gasteiger partial charge in [0.25, 0.3) is 0 Å². The number of hydrogen-bond acceptors (Lipinski definition) is 15. The largest absolute Gasteiger partial charge is 0.472 e. The lowest BCUT2D eigenvalue weighted by Crippen LogP contribution is -2.64. The van der Waals surface area contributed by atoms with Gasteiger partial charge in [-0.1, -0.05) is 127 Å². The molecule has 0 bridgehead atoms. The standard InChI is InChI=1S/C48H86O18P2/c1-3-5-7-9-11-13-15-17-19-21-23-25-27-29-31-33-41(50)62-38-40(64-42(51)34-32-30-28-26-24-22-20-18-16-14-12-10-8-6-4-2)37-61-35-39(49)36-63-68(59,60)66-48-45(54)43(52)44(53)47(46(48)55)65-67(56,57)58/h11,13-14,16-17,19,23,25,39-40,43-49,52-55H,3-10,12,15,18,20-22,24,26-38H2,1-2H3,(H,59,60)(H2,56,57,58)/t39-,40+,43?,44?,45?,46?,47-,48+/m1/s1. The lowest BCUT2D eigenvalue weighted by Gasteiger charge is -2.43. The highest BCUT2D eigenvalue weighted by molar-refractivity contribution is 7.47. The van der Waals surface area contributed by atoms with E-state index in [0.717, 1.165) is 83.5 Å². The van der Waals surface area contributed by atoms with Crippen LogP contribution in [0.15, 0.2) is 48.6 Å². The van der Waals surface area contributed by atoms with E-state index < -0.39 is 89.6 Å². The SMILES string of the molecule is CCCCCC=CCC=CCC=CCCCCC(=O)OC[C@H](COC[C@@H](O)COP(=O)(O)O[C@H]1C(O)C(O)C(O)[C@@H](OP(=O)(O)O)C1O)OC(=O)CCCCCCCCCC=CCCCCCC. The first kappa shape index (κ1) is 63.9. The lowest BCUT2D eigenvalue weighted by atomic mass is 9.85. The molecule has 1 fully saturated rings. The second kappa shape index (κ2) is 39.5. The average molecular weight is 1010 g/mol. The number of rotatable bonds is 42. The minimum atomic E-state index is -5.36. The van der Waals surface area contributed by atoms with Crippen LogP contribution in [0.1, 0.15) is 168 Å². The van der Waals surface area contributed by atoms with Crippen LogP contribution in [0, 0.1) is 0 Å². The molecule has 18 nitrogen and oxygen atoms in total. The Morgan fingerprint density at radius 2 is 0.956 bits per heavy atom. The molecule has 1 saturated carbocycles. The van der Waals surface area contributed by atoms with E-state index in [1.165, 1.54) is 44.9 Å². The summed E-state index contributed by atoms with van der Waals surface area (Å²) in [4.78, 5) is 53.8. The van der Waals surface area contributed by atoms with Gasteiger partial charge >= 0.3 is 27.6 Å². The third-order valence-electron chi connectivity index (χ3n) is 11.0. The first-order chi connectivity index (χ1) is 32.5. The number of phosphoric acid groups is 2. The number of aliphatic hydroxyl groups is 5. The fourth-order valence-corrected chi connectivity index (χ4v) is 8.66. The molecule has 0 radical (unpaired) electrons. The van der Waals surface area contributed by atoms with Gasteiger partial charge in [-0.05, 0) is 77.0 Å². The summed E-state index contributed by atoms with van der Waals surface area (Å²) in [5.74, 6) is -1.00. The fourth-order valence-electron chi connectivity index (χ4n) is 7.12. The van der Waals surface area contributed by atoms with Crippen molar-refractivity contribution < 1.29 is 86.7 Å². The van der Waals surface area contributed by atoms with Crippen molar-refractivity contribution in [1.29, 1.82) is 0 Å². The molecule has 0 heterocycles. The predicted molar refractivity (Wildman–Crippen MR) is 258 cm³/mol. The van der Waals surface area contributed by atoms with Crippen molar-refractivity contribution >= 4 is 27.6 Å². The van der Waals surface area contributed by atoms with Crippen LogP contribution in [0.4, 0.5) is 0 Å². The Morgan fingerprint density at radius 3 is 1.53 bits per heavy atom. The molecule has 0 saturated heterocycles. The van der Waals surface area contributed by atoms with Gasteiger partial charge in [-0.15, -0.1) is 0 Å². The molecule has 0 aromatic carbocycles. The number of allylic oxidation sites excluding steroid dienone is 8. The maximum absolute atomic E-state index is 12.8. The zero-order valence-corrected chi connectivity index (χ0v) is 42.4. The summed E-state index contributed by atoms with van der Waals surface area (Å²) in [5.41, 5.74) is 0. The van der Waals surface area contributed by atoms with Crippen LogP contribution in [0.2, 0.25) is 0 Å². The van der Waals surface area contributed by atoms with Gasteiger partial charge in [-0.25, -0.2) is 9.13 Å². The van der Waals surface area contributed by atoms with Crippen molar-refractivity contribution in [2.75, 3.05) is 26.4 Å². The number of carbonyl (C=O) groups excluding carboxylic acids is 2. The van der Waals surface area contributed by atoms with E-state index >= 15 is 0 Å². The molecule has 1 rings (SSSR count). The molecule has 9 atom stereocenters. The third-order valence-corrected chi connectivity index (χ3v) is 12.5. The highest BCUT2D eigenvalue weighted by Crippen LogP contribution is 2.48. The van der Waals surface area contributed by atoms with Crippen molar-refractivity contribution in [3.05, 3.63) is 48.6 Å². The molecule has 8 N–H and O–H groups in total. The topological polar surface area (TPSA) is 285 Å². The van der Waals surface area contributed by atoms with E-state index in [1.54, 1.807) is 0 Å². The van der Waals surface area contributed by atoms with Crippen molar-refractivity contribution in [1.82, 2.24) is 0 Å². The predicted octanol–water partition coefficient (Wildman–Crippen LogP) is 7.88.